The highest BCUT2D eigenvalue weighted by atomic mass is 16.5. The average molecular weight is 297 g/mol. The van der Waals surface area contributed by atoms with Crippen molar-refractivity contribution in [2.75, 3.05) is 39.4 Å². The molecule has 0 radical (unpaired) electrons. The van der Waals surface area contributed by atoms with Crippen molar-refractivity contribution in [2.45, 2.75) is 38.6 Å². The van der Waals surface area contributed by atoms with Gasteiger partial charge in [-0.15, -0.1) is 0 Å². The first-order chi connectivity index (χ1) is 10.2. The Morgan fingerprint density at radius 2 is 1.86 bits per heavy atom. The summed E-state index contributed by atoms with van der Waals surface area (Å²) in [5.41, 5.74) is 0. The Morgan fingerprint density at radius 1 is 1.14 bits per heavy atom. The Hall–Kier alpha value is -1.14. The van der Waals surface area contributed by atoms with Crippen LogP contribution in [0.25, 0.3) is 0 Å². The molecule has 2 atom stereocenters. The molecule has 120 valence electrons. The van der Waals surface area contributed by atoms with E-state index in [0.717, 1.165) is 52.1 Å². The highest BCUT2D eigenvalue weighted by Gasteiger charge is 2.25. The lowest BCUT2D eigenvalue weighted by atomic mass is 9.86. The van der Waals surface area contributed by atoms with Gasteiger partial charge in [-0.3, -0.25) is 14.5 Å². The molecule has 1 saturated heterocycles. The van der Waals surface area contributed by atoms with Gasteiger partial charge in [0.1, 0.15) is 0 Å². The molecular formula is C15H27N3O3. The van der Waals surface area contributed by atoms with Crippen LogP contribution in [-0.2, 0) is 14.3 Å². The second-order valence-corrected chi connectivity index (χ2v) is 6.05. The van der Waals surface area contributed by atoms with E-state index in [0.29, 0.717) is 12.5 Å². The van der Waals surface area contributed by atoms with E-state index < -0.39 is 11.8 Å². The normalized spacial score (nSPS) is 27.1. The highest BCUT2D eigenvalue weighted by molar-refractivity contribution is 6.35. The molecule has 6 heteroatoms. The molecule has 2 amide bonds. The van der Waals surface area contributed by atoms with Crippen molar-refractivity contribution in [1.29, 1.82) is 0 Å². The molecule has 0 unspecified atom stereocenters. The molecule has 1 heterocycles. The van der Waals surface area contributed by atoms with Crippen molar-refractivity contribution in [2.24, 2.45) is 5.92 Å². The van der Waals surface area contributed by atoms with Crippen LogP contribution < -0.4 is 10.6 Å². The summed E-state index contributed by atoms with van der Waals surface area (Å²) in [5.74, 6) is -0.541. The van der Waals surface area contributed by atoms with Crippen LogP contribution in [0.3, 0.4) is 0 Å². The lowest BCUT2D eigenvalue weighted by Gasteiger charge is -2.29. The second kappa shape index (κ2) is 8.34. The maximum absolute atomic E-state index is 11.9. The number of carbonyl (C=O) groups is 2. The summed E-state index contributed by atoms with van der Waals surface area (Å²) in [5, 5.41) is 5.57. The molecule has 2 fully saturated rings. The summed E-state index contributed by atoms with van der Waals surface area (Å²) in [6.45, 7) is 6.68. The molecule has 6 nitrogen and oxygen atoms in total. The SMILES string of the molecule is C[C@H]1CCCC[C@H]1NC(=O)C(=O)NCCN1CCOCC1. The van der Waals surface area contributed by atoms with Crippen LogP contribution in [0.4, 0.5) is 0 Å². The van der Waals surface area contributed by atoms with Crippen LogP contribution in [0, 0.1) is 5.92 Å². The summed E-state index contributed by atoms with van der Waals surface area (Å²) < 4.78 is 5.27. The zero-order chi connectivity index (χ0) is 15.1. The number of nitrogens with zero attached hydrogens (tertiary/aromatic N) is 1. The number of hydrogen-bond donors (Lipinski definition) is 2. The number of ether oxygens (including phenoxy) is 1. The molecule has 0 aromatic rings. The van der Waals surface area contributed by atoms with Gasteiger partial charge < -0.3 is 15.4 Å². The minimum absolute atomic E-state index is 0.149. The van der Waals surface area contributed by atoms with E-state index in [-0.39, 0.29) is 6.04 Å². The standard InChI is InChI=1S/C15H27N3O3/c1-12-4-2-3-5-13(12)17-15(20)14(19)16-6-7-18-8-10-21-11-9-18/h12-13H,2-11H2,1H3,(H,16,19)(H,17,20)/t12-,13+/m0/s1. The van der Waals surface area contributed by atoms with Crippen molar-refractivity contribution < 1.29 is 14.3 Å². The molecule has 2 N–H and O–H groups in total. The molecule has 21 heavy (non-hydrogen) atoms. The molecule has 0 aromatic heterocycles. The van der Waals surface area contributed by atoms with Gasteiger partial charge in [-0.05, 0) is 18.8 Å². The summed E-state index contributed by atoms with van der Waals surface area (Å²) in [6.07, 6.45) is 4.46. The first kappa shape index (κ1) is 16.2. The van der Waals surface area contributed by atoms with Crippen molar-refractivity contribution in [3.8, 4) is 0 Å². The van der Waals surface area contributed by atoms with Crippen molar-refractivity contribution in [3.63, 3.8) is 0 Å². The summed E-state index contributed by atoms with van der Waals surface area (Å²) in [6, 6.07) is 0.149. The predicted molar refractivity (Wildman–Crippen MR) is 79.8 cm³/mol. The minimum Gasteiger partial charge on any atom is -0.379 e. The van der Waals surface area contributed by atoms with Gasteiger partial charge in [0.25, 0.3) is 0 Å². The van der Waals surface area contributed by atoms with E-state index in [1.807, 2.05) is 0 Å². The first-order valence-electron chi connectivity index (χ1n) is 8.05. The van der Waals surface area contributed by atoms with Crippen molar-refractivity contribution in [3.05, 3.63) is 0 Å². The Balaban J connectivity index is 1.63. The maximum atomic E-state index is 11.9. The van der Waals surface area contributed by atoms with Gasteiger partial charge in [0.15, 0.2) is 0 Å². The van der Waals surface area contributed by atoms with Gasteiger partial charge in [0.05, 0.1) is 13.2 Å². The number of nitrogens with one attached hydrogen (secondary N) is 2. The number of rotatable bonds is 4. The topological polar surface area (TPSA) is 70.7 Å². The second-order valence-electron chi connectivity index (χ2n) is 6.05. The van der Waals surface area contributed by atoms with Crippen LogP contribution in [0.15, 0.2) is 0 Å². The fourth-order valence-corrected chi connectivity index (χ4v) is 3.00. The van der Waals surface area contributed by atoms with E-state index in [1.54, 1.807) is 0 Å². The van der Waals surface area contributed by atoms with Crippen LogP contribution in [0.5, 0.6) is 0 Å². The number of carbonyl (C=O) groups excluding carboxylic acids is 2. The fourth-order valence-electron chi connectivity index (χ4n) is 3.00. The summed E-state index contributed by atoms with van der Waals surface area (Å²) in [7, 11) is 0. The lowest BCUT2D eigenvalue weighted by molar-refractivity contribution is -0.140. The molecule has 0 bridgehead atoms. The van der Waals surface area contributed by atoms with E-state index in [4.69, 9.17) is 4.74 Å². The molecule has 1 aliphatic heterocycles. The molecule has 0 aromatic carbocycles. The largest absolute Gasteiger partial charge is 0.379 e. The fraction of sp³-hybridized carbons (Fsp3) is 0.867. The Morgan fingerprint density at radius 3 is 2.57 bits per heavy atom. The zero-order valence-electron chi connectivity index (χ0n) is 12.9. The monoisotopic (exact) mass is 297 g/mol. The molecular weight excluding hydrogens is 270 g/mol. The van der Waals surface area contributed by atoms with Crippen LogP contribution in [0.1, 0.15) is 32.6 Å². The van der Waals surface area contributed by atoms with Gasteiger partial charge >= 0.3 is 11.8 Å². The predicted octanol–water partition coefficient (Wildman–Crippen LogP) is 0.130. The average Bonchev–Trinajstić information content (AvgIpc) is 2.50. The van der Waals surface area contributed by atoms with Crippen molar-refractivity contribution in [1.82, 2.24) is 15.5 Å². The molecule has 1 saturated carbocycles. The summed E-state index contributed by atoms with van der Waals surface area (Å²) in [4.78, 5) is 25.9. The Bertz CT molecular complexity index is 356. The Labute approximate surface area is 126 Å². The van der Waals surface area contributed by atoms with Gasteiger partial charge in [-0.1, -0.05) is 19.8 Å². The number of hydrogen-bond acceptors (Lipinski definition) is 4. The van der Waals surface area contributed by atoms with E-state index in [9.17, 15) is 9.59 Å². The first-order valence-corrected chi connectivity index (χ1v) is 8.05. The van der Waals surface area contributed by atoms with Gasteiger partial charge in [0, 0.05) is 32.2 Å². The Kier molecular flexibility index (Phi) is 6.45. The minimum atomic E-state index is -0.513. The van der Waals surface area contributed by atoms with E-state index >= 15 is 0 Å². The molecule has 2 rings (SSSR count). The van der Waals surface area contributed by atoms with Gasteiger partial charge in [-0.2, -0.15) is 0 Å². The number of amides is 2. The third-order valence-corrected chi connectivity index (χ3v) is 4.45. The van der Waals surface area contributed by atoms with Crippen molar-refractivity contribution >= 4 is 11.8 Å². The van der Waals surface area contributed by atoms with Crippen LogP contribution in [0.2, 0.25) is 0 Å². The van der Waals surface area contributed by atoms with E-state index in [1.165, 1.54) is 6.42 Å². The van der Waals surface area contributed by atoms with Gasteiger partial charge in [0.2, 0.25) is 0 Å². The number of morpholine rings is 1. The zero-order valence-corrected chi connectivity index (χ0v) is 12.9. The highest BCUT2D eigenvalue weighted by Crippen LogP contribution is 2.23. The third-order valence-electron chi connectivity index (χ3n) is 4.45. The quantitative estimate of drug-likeness (QED) is 0.724. The molecule has 0 spiro atoms. The third kappa shape index (κ3) is 5.28. The smallest absolute Gasteiger partial charge is 0.309 e. The molecule has 1 aliphatic carbocycles. The van der Waals surface area contributed by atoms with Gasteiger partial charge in [-0.25, -0.2) is 0 Å². The summed E-state index contributed by atoms with van der Waals surface area (Å²) >= 11 is 0. The maximum Gasteiger partial charge on any atom is 0.309 e. The van der Waals surface area contributed by atoms with Crippen LogP contribution >= 0.6 is 0 Å². The van der Waals surface area contributed by atoms with Crippen LogP contribution in [-0.4, -0.2) is 62.1 Å². The lowest BCUT2D eigenvalue weighted by Crippen LogP contribution is -2.49. The van der Waals surface area contributed by atoms with E-state index in [2.05, 4.69) is 22.5 Å². The molecule has 2 aliphatic rings.